The van der Waals surface area contributed by atoms with Crippen LogP contribution in [-0.4, -0.2) is 64.1 Å². The van der Waals surface area contributed by atoms with E-state index in [-0.39, 0.29) is 23.3 Å². The average Bonchev–Trinajstić information content (AvgIpc) is 3.30. The molecule has 4 rings (SSSR count). The van der Waals surface area contributed by atoms with E-state index >= 15 is 0 Å². The number of likely N-dealkylation sites (tertiary alicyclic amines) is 1. The molecule has 3 heterocycles. The Morgan fingerprint density at radius 1 is 1.25 bits per heavy atom. The molecule has 0 spiro atoms. The van der Waals surface area contributed by atoms with Crippen LogP contribution in [0.25, 0.3) is 22.7 Å². The molecule has 170 valence electrons. The van der Waals surface area contributed by atoms with Crippen molar-refractivity contribution in [3.05, 3.63) is 29.5 Å². The number of fused-ring (bicyclic) bond motifs is 1. The summed E-state index contributed by atoms with van der Waals surface area (Å²) in [6.45, 7) is 3.54. The summed E-state index contributed by atoms with van der Waals surface area (Å²) in [5.74, 6) is 0.747. The van der Waals surface area contributed by atoms with Crippen LogP contribution in [0.3, 0.4) is 0 Å². The van der Waals surface area contributed by atoms with Crippen LogP contribution < -0.4 is 9.64 Å². The van der Waals surface area contributed by atoms with Gasteiger partial charge in [-0.3, -0.25) is 4.79 Å². The Balaban J connectivity index is 1.80. The molecule has 0 radical (unpaired) electrons. The average molecular weight is 448 g/mol. The fraction of sp³-hybridized carbons (Fsp3) is 0.429. The van der Waals surface area contributed by atoms with Crippen LogP contribution in [0.15, 0.2) is 18.3 Å². The number of hydrogen-bond donors (Lipinski definition) is 0. The number of benzene rings is 1. The minimum Gasteiger partial charge on any atom is -0.428 e. The van der Waals surface area contributed by atoms with Gasteiger partial charge < -0.3 is 19.1 Å². The van der Waals surface area contributed by atoms with Gasteiger partial charge in [0, 0.05) is 26.7 Å². The van der Waals surface area contributed by atoms with E-state index in [1.807, 2.05) is 7.05 Å². The molecular formula is C21H23F3N6O2. The van der Waals surface area contributed by atoms with Crippen LogP contribution in [-0.2, 0) is 18.0 Å². The molecule has 0 aliphatic carbocycles. The van der Waals surface area contributed by atoms with Gasteiger partial charge in [-0.15, -0.1) is 0 Å². The molecular weight excluding hydrogens is 425 g/mol. The standard InChI is InChI=1S/C21H23F3N6O2/c1-12-7-13(21(22,23)24)8-15(32-11-31)17(12)19-27-18-20(30(19)4)25-9-16(26-18)29(3)14-5-6-28(2)10-14/h7-9,11,14H,5-6,10H2,1-4H3/t14-/m1/s1. The van der Waals surface area contributed by atoms with Crippen molar-refractivity contribution in [3.63, 3.8) is 0 Å². The van der Waals surface area contributed by atoms with Gasteiger partial charge in [-0.25, -0.2) is 15.0 Å². The zero-order chi connectivity index (χ0) is 23.2. The molecule has 0 amide bonds. The predicted molar refractivity (Wildman–Crippen MR) is 112 cm³/mol. The van der Waals surface area contributed by atoms with Crippen LogP contribution in [0.1, 0.15) is 17.5 Å². The van der Waals surface area contributed by atoms with E-state index in [1.54, 1.807) is 17.8 Å². The van der Waals surface area contributed by atoms with Crippen LogP contribution in [0.2, 0.25) is 0 Å². The smallest absolute Gasteiger partial charge is 0.416 e. The molecule has 32 heavy (non-hydrogen) atoms. The molecule has 1 atom stereocenters. The summed E-state index contributed by atoms with van der Waals surface area (Å²) in [5.41, 5.74) is 0.462. The van der Waals surface area contributed by atoms with E-state index in [1.165, 1.54) is 6.92 Å². The number of ether oxygens (including phenoxy) is 1. The molecule has 1 aliphatic rings. The molecule has 1 fully saturated rings. The Morgan fingerprint density at radius 2 is 2.00 bits per heavy atom. The summed E-state index contributed by atoms with van der Waals surface area (Å²) in [5, 5.41) is 0. The zero-order valence-corrected chi connectivity index (χ0v) is 18.1. The van der Waals surface area contributed by atoms with Crippen molar-refractivity contribution in [1.29, 1.82) is 0 Å². The summed E-state index contributed by atoms with van der Waals surface area (Å²) in [6, 6.07) is 2.11. The van der Waals surface area contributed by atoms with Crippen molar-refractivity contribution in [2.75, 3.05) is 32.1 Å². The Labute approximate surface area is 182 Å². The summed E-state index contributed by atoms with van der Waals surface area (Å²) >= 11 is 0. The van der Waals surface area contributed by atoms with Gasteiger partial charge in [0.15, 0.2) is 11.3 Å². The number of hydrogen-bond acceptors (Lipinski definition) is 7. The number of carbonyl (C=O) groups excluding carboxylic acids is 1. The van der Waals surface area contributed by atoms with Gasteiger partial charge in [-0.1, -0.05) is 0 Å². The second kappa shape index (κ2) is 8.05. The van der Waals surface area contributed by atoms with Crippen molar-refractivity contribution in [3.8, 4) is 17.1 Å². The first-order chi connectivity index (χ1) is 15.1. The molecule has 2 aromatic heterocycles. The highest BCUT2D eigenvalue weighted by molar-refractivity contribution is 5.79. The van der Waals surface area contributed by atoms with Gasteiger partial charge in [0.1, 0.15) is 17.4 Å². The number of likely N-dealkylation sites (N-methyl/N-ethyl adjacent to an activating group) is 2. The summed E-state index contributed by atoms with van der Waals surface area (Å²) < 4.78 is 46.3. The van der Waals surface area contributed by atoms with Crippen molar-refractivity contribution >= 4 is 23.6 Å². The first kappa shape index (κ1) is 22.0. The van der Waals surface area contributed by atoms with Gasteiger partial charge in [0.2, 0.25) is 0 Å². The second-order valence-electron chi connectivity index (χ2n) is 8.06. The minimum absolute atomic E-state index is 0.100. The van der Waals surface area contributed by atoms with Crippen LogP contribution >= 0.6 is 0 Å². The molecule has 0 bridgehead atoms. The van der Waals surface area contributed by atoms with E-state index < -0.39 is 11.7 Å². The first-order valence-electron chi connectivity index (χ1n) is 10.0. The molecule has 8 nitrogen and oxygen atoms in total. The fourth-order valence-corrected chi connectivity index (χ4v) is 4.11. The van der Waals surface area contributed by atoms with Crippen LogP contribution in [0, 0.1) is 6.92 Å². The highest BCUT2D eigenvalue weighted by Gasteiger charge is 2.33. The van der Waals surface area contributed by atoms with E-state index in [4.69, 9.17) is 4.74 Å². The number of anilines is 1. The van der Waals surface area contributed by atoms with Crippen LogP contribution in [0.4, 0.5) is 19.0 Å². The van der Waals surface area contributed by atoms with E-state index in [0.29, 0.717) is 29.0 Å². The number of aryl methyl sites for hydroxylation is 2. The minimum atomic E-state index is -4.58. The number of halogens is 3. The van der Waals surface area contributed by atoms with Crippen molar-refractivity contribution in [2.45, 2.75) is 25.6 Å². The number of imidazole rings is 1. The quantitative estimate of drug-likeness (QED) is 0.556. The lowest BCUT2D eigenvalue weighted by Crippen LogP contribution is -2.34. The number of rotatable bonds is 5. The number of nitrogens with zero attached hydrogens (tertiary/aromatic N) is 6. The largest absolute Gasteiger partial charge is 0.428 e. The third-order valence-corrected chi connectivity index (χ3v) is 5.87. The van der Waals surface area contributed by atoms with Gasteiger partial charge >= 0.3 is 6.18 Å². The topological polar surface area (TPSA) is 76.4 Å². The number of carbonyl (C=O) groups is 1. The highest BCUT2D eigenvalue weighted by Crippen LogP contribution is 2.39. The van der Waals surface area contributed by atoms with Crippen molar-refractivity contribution in [1.82, 2.24) is 24.4 Å². The molecule has 0 N–H and O–H groups in total. The van der Waals surface area contributed by atoms with Gasteiger partial charge in [0.25, 0.3) is 6.47 Å². The van der Waals surface area contributed by atoms with E-state index in [9.17, 15) is 18.0 Å². The molecule has 11 heteroatoms. The summed E-state index contributed by atoms with van der Waals surface area (Å²) in [4.78, 5) is 29.0. The third kappa shape index (κ3) is 3.88. The third-order valence-electron chi connectivity index (χ3n) is 5.87. The maximum Gasteiger partial charge on any atom is 0.416 e. The lowest BCUT2D eigenvalue weighted by Gasteiger charge is -2.24. The maximum atomic E-state index is 13.2. The Hall–Kier alpha value is -3.21. The molecule has 1 aromatic carbocycles. The second-order valence-corrected chi connectivity index (χ2v) is 8.06. The Bertz CT molecular complexity index is 1180. The fourth-order valence-electron chi connectivity index (χ4n) is 4.11. The number of alkyl halides is 3. The monoisotopic (exact) mass is 448 g/mol. The van der Waals surface area contributed by atoms with E-state index in [0.717, 1.165) is 31.6 Å². The highest BCUT2D eigenvalue weighted by atomic mass is 19.4. The Morgan fingerprint density at radius 3 is 2.62 bits per heavy atom. The lowest BCUT2D eigenvalue weighted by atomic mass is 10.0. The molecule has 1 aliphatic heterocycles. The Kier molecular flexibility index (Phi) is 5.53. The molecule has 0 unspecified atom stereocenters. The number of aromatic nitrogens is 4. The van der Waals surface area contributed by atoms with Crippen molar-refractivity contribution < 1.29 is 22.7 Å². The van der Waals surface area contributed by atoms with E-state index in [2.05, 4.69) is 31.8 Å². The van der Waals surface area contributed by atoms with Gasteiger partial charge in [0.05, 0.1) is 17.3 Å². The molecule has 0 saturated carbocycles. The first-order valence-corrected chi connectivity index (χ1v) is 10.0. The van der Waals surface area contributed by atoms with Crippen LogP contribution in [0.5, 0.6) is 5.75 Å². The summed E-state index contributed by atoms with van der Waals surface area (Å²) in [6.07, 6.45) is -1.90. The molecule has 1 saturated heterocycles. The zero-order valence-electron chi connectivity index (χ0n) is 18.1. The molecule has 3 aromatic rings. The normalized spacial score (nSPS) is 17.2. The van der Waals surface area contributed by atoms with Gasteiger partial charge in [-0.2, -0.15) is 13.2 Å². The predicted octanol–water partition coefficient (Wildman–Crippen LogP) is 3.03. The van der Waals surface area contributed by atoms with Gasteiger partial charge in [-0.05, 0) is 44.6 Å². The summed E-state index contributed by atoms with van der Waals surface area (Å²) in [7, 11) is 5.72. The lowest BCUT2D eigenvalue weighted by molar-refractivity contribution is -0.138. The maximum absolute atomic E-state index is 13.2. The SMILES string of the molecule is Cc1cc(C(F)(F)F)cc(OC=O)c1-c1nc2nc(N(C)[C@@H]3CCN(C)C3)cnc2n1C. The van der Waals surface area contributed by atoms with Crippen molar-refractivity contribution in [2.24, 2.45) is 7.05 Å².